The molecule has 2 saturated heterocycles. The topological polar surface area (TPSA) is 40.6 Å². The van der Waals surface area contributed by atoms with E-state index in [1.54, 1.807) is 9.80 Å². The number of amides is 2. The summed E-state index contributed by atoms with van der Waals surface area (Å²) in [5, 5.41) is 0. The Morgan fingerprint density at radius 2 is 2.05 bits per heavy atom. The van der Waals surface area contributed by atoms with E-state index < -0.39 is 0 Å². The van der Waals surface area contributed by atoms with E-state index in [0.29, 0.717) is 6.54 Å². The third kappa shape index (κ3) is 2.27. The standard InChI is InChI=1S/C14H15BrN2O2/c15-11-5-2-1-4-10(11)8-16-9-13(18)17-7-3-6-12(17)14(16)19/h1-2,4-5,12H,3,6-9H2. The van der Waals surface area contributed by atoms with Crippen LogP contribution in [0.3, 0.4) is 0 Å². The summed E-state index contributed by atoms with van der Waals surface area (Å²) in [7, 11) is 0. The van der Waals surface area contributed by atoms with E-state index in [-0.39, 0.29) is 24.4 Å². The summed E-state index contributed by atoms with van der Waals surface area (Å²) in [5.74, 6) is 0.169. The minimum atomic E-state index is -0.219. The Bertz CT molecular complexity index is 532. The van der Waals surface area contributed by atoms with Gasteiger partial charge in [0.15, 0.2) is 0 Å². The number of hydrogen-bond donors (Lipinski definition) is 0. The van der Waals surface area contributed by atoms with Gasteiger partial charge in [0.1, 0.15) is 12.6 Å². The third-order valence-corrected chi connectivity index (χ3v) is 4.59. The summed E-state index contributed by atoms with van der Waals surface area (Å²) in [6.45, 7) is 1.44. The Morgan fingerprint density at radius 3 is 2.84 bits per heavy atom. The van der Waals surface area contributed by atoms with Crippen molar-refractivity contribution in [1.29, 1.82) is 0 Å². The molecular weight excluding hydrogens is 308 g/mol. The quantitative estimate of drug-likeness (QED) is 0.832. The first-order valence-electron chi connectivity index (χ1n) is 6.48. The lowest BCUT2D eigenvalue weighted by Gasteiger charge is -2.36. The summed E-state index contributed by atoms with van der Waals surface area (Å²) < 4.78 is 0.976. The van der Waals surface area contributed by atoms with Crippen LogP contribution in [-0.2, 0) is 16.1 Å². The fraction of sp³-hybridized carbons (Fsp3) is 0.429. The zero-order chi connectivity index (χ0) is 13.4. The normalized spacial score (nSPS) is 22.9. The molecule has 0 N–H and O–H groups in total. The second-order valence-electron chi connectivity index (χ2n) is 5.03. The lowest BCUT2D eigenvalue weighted by Crippen LogP contribution is -2.56. The van der Waals surface area contributed by atoms with Gasteiger partial charge in [-0.1, -0.05) is 34.1 Å². The van der Waals surface area contributed by atoms with Crippen LogP contribution in [0.2, 0.25) is 0 Å². The Hall–Kier alpha value is -1.36. The molecule has 0 aliphatic carbocycles. The van der Waals surface area contributed by atoms with Crippen molar-refractivity contribution >= 4 is 27.7 Å². The van der Waals surface area contributed by atoms with Gasteiger partial charge in [0.05, 0.1) is 0 Å². The Morgan fingerprint density at radius 1 is 1.26 bits per heavy atom. The predicted octanol–water partition coefficient (Wildman–Crippen LogP) is 1.78. The molecule has 0 spiro atoms. The average Bonchev–Trinajstić information content (AvgIpc) is 2.88. The molecular formula is C14H15BrN2O2. The van der Waals surface area contributed by atoms with Gasteiger partial charge < -0.3 is 9.80 Å². The summed E-state index contributed by atoms with van der Waals surface area (Å²) in [6.07, 6.45) is 1.74. The Kier molecular flexibility index (Phi) is 3.31. The van der Waals surface area contributed by atoms with Crippen molar-refractivity contribution in [2.24, 2.45) is 0 Å². The second kappa shape index (κ2) is 4.96. The van der Waals surface area contributed by atoms with Crippen LogP contribution >= 0.6 is 15.9 Å². The Balaban J connectivity index is 1.80. The molecule has 2 aliphatic rings. The summed E-state index contributed by atoms with van der Waals surface area (Å²) in [6, 6.07) is 7.59. The highest BCUT2D eigenvalue weighted by atomic mass is 79.9. The second-order valence-corrected chi connectivity index (χ2v) is 5.89. The van der Waals surface area contributed by atoms with Crippen molar-refractivity contribution in [2.45, 2.75) is 25.4 Å². The number of piperazine rings is 1. The summed E-state index contributed by atoms with van der Waals surface area (Å²) in [5.41, 5.74) is 1.04. The van der Waals surface area contributed by atoms with Crippen LogP contribution in [0, 0.1) is 0 Å². The van der Waals surface area contributed by atoms with Crippen molar-refractivity contribution in [1.82, 2.24) is 9.80 Å². The van der Waals surface area contributed by atoms with Gasteiger partial charge in [-0.15, -0.1) is 0 Å². The fourth-order valence-electron chi connectivity index (χ4n) is 2.83. The number of hydrogen-bond acceptors (Lipinski definition) is 2. The van der Waals surface area contributed by atoms with Gasteiger partial charge in [0, 0.05) is 17.6 Å². The van der Waals surface area contributed by atoms with Crippen LogP contribution in [0.4, 0.5) is 0 Å². The van der Waals surface area contributed by atoms with Crippen molar-refractivity contribution in [3.05, 3.63) is 34.3 Å². The number of carbonyl (C=O) groups excluding carboxylic acids is 2. The van der Waals surface area contributed by atoms with E-state index in [1.165, 1.54) is 0 Å². The number of fused-ring (bicyclic) bond motifs is 1. The number of carbonyl (C=O) groups is 2. The molecule has 2 aliphatic heterocycles. The number of benzene rings is 1. The highest BCUT2D eigenvalue weighted by Gasteiger charge is 2.41. The lowest BCUT2D eigenvalue weighted by molar-refractivity contribution is -0.154. The summed E-state index contributed by atoms with van der Waals surface area (Å²) >= 11 is 3.48. The van der Waals surface area contributed by atoms with Crippen LogP contribution < -0.4 is 0 Å². The maximum Gasteiger partial charge on any atom is 0.246 e. The average molecular weight is 323 g/mol. The lowest BCUT2D eigenvalue weighted by atomic mass is 10.1. The number of halogens is 1. The van der Waals surface area contributed by atoms with E-state index >= 15 is 0 Å². The molecule has 0 saturated carbocycles. The van der Waals surface area contributed by atoms with Crippen molar-refractivity contribution in [3.8, 4) is 0 Å². The molecule has 100 valence electrons. The molecule has 2 fully saturated rings. The van der Waals surface area contributed by atoms with Gasteiger partial charge in [-0.05, 0) is 24.5 Å². The van der Waals surface area contributed by atoms with E-state index in [9.17, 15) is 9.59 Å². The smallest absolute Gasteiger partial charge is 0.246 e. The molecule has 0 aromatic heterocycles. The Labute approximate surface area is 120 Å². The van der Waals surface area contributed by atoms with E-state index in [0.717, 1.165) is 29.4 Å². The van der Waals surface area contributed by atoms with Crippen molar-refractivity contribution in [2.75, 3.05) is 13.1 Å². The fourth-order valence-corrected chi connectivity index (χ4v) is 3.24. The molecule has 1 aromatic carbocycles. The van der Waals surface area contributed by atoms with Crippen LogP contribution in [0.25, 0.3) is 0 Å². The van der Waals surface area contributed by atoms with Gasteiger partial charge >= 0.3 is 0 Å². The molecule has 2 amide bonds. The predicted molar refractivity (Wildman–Crippen MR) is 74.3 cm³/mol. The third-order valence-electron chi connectivity index (χ3n) is 3.82. The minimum Gasteiger partial charge on any atom is -0.329 e. The zero-order valence-electron chi connectivity index (χ0n) is 10.5. The molecule has 2 heterocycles. The first-order valence-corrected chi connectivity index (χ1v) is 7.28. The number of rotatable bonds is 2. The van der Waals surface area contributed by atoms with E-state index in [4.69, 9.17) is 0 Å². The first-order chi connectivity index (χ1) is 9.16. The molecule has 1 unspecified atom stereocenters. The molecule has 4 nitrogen and oxygen atoms in total. The molecule has 3 rings (SSSR count). The SMILES string of the molecule is O=C1C2CCCN2C(=O)CN1Cc1ccccc1Br. The maximum atomic E-state index is 12.4. The molecule has 5 heteroatoms. The minimum absolute atomic E-state index is 0.0779. The molecule has 19 heavy (non-hydrogen) atoms. The van der Waals surface area contributed by atoms with Crippen molar-refractivity contribution in [3.63, 3.8) is 0 Å². The molecule has 1 aromatic rings. The van der Waals surface area contributed by atoms with Crippen LogP contribution in [0.15, 0.2) is 28.7 Å². The molecule has 1 atom stereocenters. The van der Waals surface area contributed by atoms with Gasteiger partial charge in [-0.3, -0.25) is 9.59 Å². The molecule has 0 radical (unpaired) electrons. The van der Waals surface area contributed by atoms with Gasteiger partial charge in [-0.2, -0.15) is 0 Å². The van der Waals surface area contributed by atoms with Crippen LogP contribution in [-0.4, -0.2) is 40.7 Å². The van der Waals surface area contributed by atoms with E-state index in [1.807, 2.05) is 24.3 Å². The monoisotopic (exact) mass is 322 g/mol. The van der Waals surface area contributed by atoms with Gasteiger partial charge in [0.25, 0.3) is 0 Å². The van der Waals surface area contributed by atoms with E-state index in [2.05, 4.69) is 15.9 Å². The van der Waals surface area contributed by atoms with Gasteiger partial charge in [-0.25, -0.2) is 0 Å². The highest BCUT2D eigenvalue weighted by molar-refractivity contribution is 9.10. The maximum absolute atomic E-state index is 12.4. The zero-order valence-corrected chi connectivity index (χ0v) is 12.1. The van der Waals surface area contributed by atoms with Crippen molar-refractivity contribution < 1.29 is 9.59 Å². The highest BCUT2D eigenvalue weighted by Crippen LogP contribution is 2.26. The first kappa shape index (κ1) is 12.7. The van der Waals surface area contributed by atoms with Gasteiger partial charge in [0.2, 0.25) is 11.8 Å². The summed E-state index contributed by atoms with van der Waals surface area (Å²) in [4.78, 5) is 27.8. The number of nitrogens with zero attached hydrogens (tertiary/aromatic N) is 2. The van der Waals surface area contributed by atoms with Crippen LogP contribution in [0.5, 0.6) is 0 Å². The van der Waals surface area contributed by atoms with Crippen LogP contribution in [0.1, 0.15) is 18.4 Å². The largest absolute Gasteiger partial charge is 0.329 e. The molecule has 0 bridgehead atoms.